The van der Waals surface area contributed by atoms with Crippen LogP contribution in [0.15, 0.2) is 0 Å². The van der Waals surface area contributed by atoms with Crippen molar-refractivity contribution in [1.29, 1.82) is 0 Å². The Bertz CT molecular complexity index is 34.4. The highest BCUT2D eigenvalue weighted by Crippen LogP contribution is 1.28. The van der Waals surface area contributed by atoms with Crippen molar-refractivity contribution in [2.24, 2.45) is 0 Å². The minimum atomic E-state index is 0. The molecule has 0 aromatic heterocycles. The average Bonchev–Trinajstić information content (AvgIpc) is 0.918. The van der Waals surface area contributed by atoms with E-state index >= 15 is 0 Å². The number of rotatable bonds is 0. The molecule has 4 heavy (non-hydrogen) atoms. The van der Waals surface area contributed by atoms with E-state index < -0.39 is 0 Å². The lowest BCUT2D eigenvalue weighted by Crippen LogP contribution is -1.06. The van der Waals surface area contributed by atoms with Crippen LogP contribution in [0.5, 0.6) is 0 Å². The van der Waals surface area contributed by atoms with Crippen LogP contribution in [0, 0.1) is 12.5 Å². The van der Waals surface area contributed by atoms with E-state index in [1.165, 1.54) is 6.04 Å². The molecule has 0 aliphatic heterocycles. The average molecular weight is 71.1 g/mol. The molecular formula is C2H6AlN. The summed E-state index contributed by atoms with van der Waals surface area (Å²) in [6, 6.07) is 1.25. The van der Waals surface area contributed by atoms with Gasteiger partial charge in [0.25, 0.3) is 0 Å². The topological polar surface area (TPSA) is 22.3 Å². The third-order valence-corrected chi connectivity index (χ3v) is 0. The smallest absolute Gasteiger partial charge is 0.756 e. The van der Waals surface area contributed by atoms with Crippen molar-refractivity contribution in [2.45, 2.75) is 0 Å². The molecule has 0 N–H and O–H groups in total. The Morgan fingerprint density at radius 3 is 2.25 bits per heavy atom. The normalized spacial score (nSPS) is 1.75. The Balaban J connectivity index is -0.00000000333. The van der Waals surface area contributed by atoms with Gasteiger partial charge in [-0.1, -0.05) is 0 Å². The molecule has 4 radical (unpaired) electrons. The molecule has 0 heterocycles. The molecule has 0 aromatic rings. The number of terminal acetylenes is 1. The Morgan fingerprint density at radius 1 is 2.25 bits per heavy atom. The molecule has 2 heteroatoms. The molecule has 0 saturated heterocycles. The fourth-order valence-electron chi connectivity index (χ4n) is 0. The molecule has 0 aliphatic carbocycles. The second kappa shape index (κ2) is 13.0. The minimum absolute atomic E-state index is 0. The predicted molar refractivity (Wildman–Crippen MR) is 23.3 cm³/mol. The monoisotopic (exact) mass is 71.0 g/mol. The van der Waals surface area contributed by atoms with Crippen molar-refractivity contribution in [1.82, 2.24) is 0 Å². The summed E-state index contributed by atoms with van der Waals surface area (Å²) in [5.41, 5.74) is 7.10. The summed E-state index contributed by atoms with van der Waals surface area (Å²) in [4.78, 5) is 0. The van der Waals surface area contributed by atoms with Crippen LogP contribution < -0.4 is 0 Å². The van der Waals surface area contributed by atoms with Crippen molar-refractivity contribution in [3.63, 3.8) is 0 Å². The minimum Gasteiger partial charge on any atom is -0.756 e. The molecule has 0 aliphatic rings. The zero-order valence-corrected chi connectivity index (χ0v) is 3.26. The van der Waals surface area contributed by atoms with Crippen molar-refractivity contribution in [3.05, 3.63) is 5.73 Å². The maximum Gasteiger partial charge on any atom is 1.00 e. The van der Waals surface area contributed by atoms with E-state index in [-0.39, 0.29) is 21.6 Å². The molecule has 22 valence electrons. The van der Waals surface area contributed by atoms with Crippen LogP contribution in [0.3, 0.4) is 0 Å². The van der Waals surface area contributed by atoms with Crippen LogP contribution in [0.2, 0.25) is 0 Å². The quantitative estimate of drug-likeness (QED) is 0.295. The Labute approximate surface area is 40.8 Å². The van der Waals surface area contributed by atoms with Gasteiger partial charge in [-0.3, -0.25) is 0 Å². The van der Waals surface area contributed by atoms with E-state index in [2.05, 4.69) is 6.42 Å². The van der Waals surface area contributed by atoms with E-state index in [4.69, 9.17) is 5.73 Å². The lowest BCUT2D eigenvalue weighted by Gasteiger charge is -1.62. The van der Waals surface area contributed by atoms with Gasteiger partial charge in [-0.15, -0.1) is 6.42 Å². The van der Waals surface area contributed by atoms with Crippen molar-refractivity contribution in [3.8, 4) is 12.5 Å². The zero-order chi connectivity index (χ0) is 2.71. The summed E-state index contributed by atoms with van der Waals surface area (Å²) in [6.45, 7) is 0. The molecule has 0 rings (SSSR count). The maximum absolute atomic E-state index is 7.10. The summed E-state index contributed by atoms with van der Waals surface area (Å²) < 4.78 is 0. The van der Waals surface area contributed by atoms with Crippen LogP contribution in [-0.4, -0.2) is 17.4 Å². The van der Waals surface area contributed by atoms with Crippen LogP contribution in [0.25, 0.3) is 5.73 Å². The van der Waals surface area contributed by atoms with Gasteiger partial charge >= 0.3 is 1.43 Å². The molecule has 0 fully saturated rings. The lowest BCUT2D eigenvalue weighted by molar-refractivity contribution is 2.49. The van der Waals surface area contributed by atoms with Gasteiger partial charge in [0.05, 0.1) is 0 Å². The standard InChI is InChI=1S/C2HN.Al.2H2/c1-2-3;;;/h1H;;2*1H/q-1;;;/p+1. The molecule has 0 amide bonds. The highest BCUT2D eigenvalue weighted by molar-refractivity contribution is 5.75. The van der Waals surface area contributed by atoms with Gasteiger partial charge in [-0.25, -0.2) is 6.04 Å². The van der Waals surface area contributed by atoms with Gasteiger partial charge in [0.1, 0.15) is 0 Å². The maximum atomic E-state index is 7.10. The Kier molecular flexibility index (Phi) is 29.6. The zero-order valence-electron chi connectivity index (χ0n) is 3.10. The molecule has 0 aromatic carbocycles. The third kappa shape index (κ3) is 130. The van der Waals surface area contributed by atoms with E-state index in [1.807, 2.05) is 0 Å². The second-order valence-electron chi connectivity index (χ2n) is 0.129. The summed E-state index contributed by atoms with van der Waals surface area (Å²) >= 11 is 0. The Morgan fingerprint density at radius 2 is 2.25 bits per heavy atom. The largest absolute Gasteiger partial charge is 1.00 e. The van der Waals surface area contributed by atoms with Gasteiger partial charge in [-0.05, 0) is 0 Å². The second-order valence-corrected chi connectivity index (χ2v) is 0.129. The first kappa shape index (κ1) is 9.09. The highest BCUT2D eigenvalue weighted by atomic mass is 27.0. The summed E-state index contributed by atoms with van der Waals surface area (Å²) in [6.07, 6.45) is 4.15. The molecule has 0 spiro atoms. The summed E-state index contributed by atoms with van der Waals surface area (Å²) in [5, 5.41) is 0. The van der Waals surface area contributed by atoms with E-state index in [0.717, 1.165) is 0 Å². The lowest BCUT2D eigenvalue weighted by atomic mass is 11.2. The fourth-order valence-corrected chi connectivity index (χ4v) is 0. The fraction of sp³-hybridized carbons (Fsp3) is 0. The van der Waals surface area contributed by atoms with Crippen molar-refractivity contribution in [2.75, 3.05) is 0 Å². The van der Waals surface area contributed by atoms with Crippen LogP contribution in [0.4, 0.5) is 0 Å². The van der Waals surface area contributed by atoms with Crippen molar-refractivity contribution >= 4 is 17.4 Å². The van der Waals surface area contributed by atoms with Crippen LogP contribution >= 0.6 is 0 Å². The summed E-state index contributed by atoms with van der Waals surface area (Å²) in [7, 11) is 0. The summed E-state index contributed by atoms with van der Waals surface area (Å²) in [5.74, 6) is 0. The SMILES string of the molecule is C#C[N-].[Al].[H+].[HH].[HH]. The number of hydrogen-bond donors (Lipinski definition) is 0. The highest BCUT2D eigenvalue weighted by Gasteiger charge is 0.785. The first-order chi connectivity index (χ1) is 1.41. The third-order valence-electron chi connectivity index (χ3n) is 0. The van der Waals surface area contributed by atoms with Crippen LogP contribution in [0.1, 0.15) is 4.28 Å². The van der Waals surface area contributed by atoms with E-state index in [9.17, 15) is 0 Å². The molecular weight excluding hydrogens is 65.0 g/mol. The molecule has 0 bridgehead atoms. The molecule has 0 atom stereocenters. The molecule has 0 unspecified atom stereocenters. The first-order valence-corrected chi connectivity index (χ1v) is 0.512. The predicted octanol–water partition coefficient (Wildman–Crippen LogP) is 0.639. The van der Waals surface area contributed by atoms with Gasteiger partial charge in [0.15, 0.2) is 0 Å². The van der Waals surface area contributed by atoms with Gasteiger partial charge in [0.2, 0.25) is 0 Å². The van der Waals surface area contributed by atoms with E-state index in [1.54, 1.807) is 0 Å². The van der Waals surface area contributed by atoms with Gasteiger partial charge < -0.3 is 5.73 Å². The molecule has 0 saturated carbocycles. The van der Waals surface area contributed by atoms with Gasteiger partial charge in [-0.2, -0.15) is 0 Å². The van der Waals surface area contributed by atoms with Gasteiger partial charge in [0, 0.05) is 20.2 Å². The van der Waals surface area contributed by atoms with Crippen LogP contribution in [-0.2, 0) is 0 Å². The molecule has 1 nitrogen and oxygen atoms in total. The Hall–Kier alpha value is -0.108. The van der Waals surface area contributed by atoms with Crippen molar-refractivity contribution < 1.29 is 4.28 Å². The first-order valence-electron chi connectivity index (χ1n) is 0.512. The number of hydrogen-bond acceptors (Lipinski definition) is 0. The number of nitrogens with zero attached hydrogens (tertiary/aromatic N) is 1. The van der Waals surface area contributed by atoms with E-state index in [0.29, 0.717) is 0 Å².